The first-order valence-electron chi connectivity index (χ1n) is 26.0. The summed E-state index contributed by atoms with van der Waals surface area (Å²) in [6.45, 7) is 36.0. The van der Waals surface area contributed by atoms with Crippen LogP contribution in [0.2, 0.25) is 0 Å². The van der Waals surface area contributed by atoms with Crippen molar-refractivity contribution in [3.05, 3.63) is 0 Å². The van der Waals surface area contributed by atoms with Gasteiger partial charge in [0.1, 0.15) is 5.75 Å². The summed E-state index contributed by atoms with van der Waals surface area (Å²) >= 11 is 5.82. The van der Waals surface area contributed by atoms with Gasteiger partial charge in [0.25, 0.3) is 0 Å². The number of hydrogen-bond donors (Lipinski definition) is 1. The SMILES string of the molecule is CC(C)(C)CC1CC(O)C1.CC(C)(C)CC1CCC(Br)CC1.CC(C)(C)CN1CCS(=O)(=O)CC1=O.CC(C)CC1CCN(C(=O)CN2CCOCC2)CC1.CC(C)CC1CCSCC1. The first-order chi connectivity index (χ1) is 30.1. The summed E-state index contributed by atoms with van der Waals surface area (Å²) in [7, 11) is -3.11. The first kappa shape index (κ1) is 60.7. The zero-order chi connectivity index (χ0) is 49.0. The highest BCUT2D eigenvalue weighted by molar-refractivity contribution is 9.09. The smallest absolute Gasteiger partial charge is 0.237 e. The van der Waals surface area contributed by atoms with Gasteiger partial charge in [-0.1, -0.05) is 106 Å². The Kier molecular flexibility index (Phi) is 27.7. The topological polar surface area (TPSA) is 107 Å². The van der Waals surface area contributed by atoms with Crippen molar-refractivity contribution in [3.63, 3.8) is 0 Å². The number of aliphatic hydroxyl groups excluding tert-OH is 1. The Hall–Kier alpha value is -0.400. The molecule has 65 heavy (non-hydrogen) atoms. The molecule has 384 valence electrons. The minimum Gasteiger partial charge on any atom is -0.393 e. The average Bonchev–Trinajstić information content (AvgIpc) is 3.16. The van der Waals surface area contributed by atoms with Crippen molar-refractivity contribution >= 4 is 49.3 Å². The Bertz CT molecular complexity index is 1410. The lowest BCUT2D eigenvalue weighted by Gasteiger charge is -2.35. The van der Waals surface area contributed by atoms with Crippen molar-refractivity contribution in [2.45, 2.75) is 191 Å². The number of morpholine rings is 1. The van der Waals surface area contributed by atoms with Gasteiger partial charge in [0.2, 0.25) is 11.8 Å². The lowest BCUT2D eigenvalue weighted by Crippen LogP contribution is -2.48. The van der Waals surface area contributed by atoms with Crippen LogP contribution in [0, 0.1) is 51.8 Å². The number of halogens is 1. The highest BCUT2D eigenvalue weighted by atomic mass is 79.9. The number of alkyl halides is 1. The molecule has 2 aliphatic carbocycles. The maximum atomic E-state index is 12.2. The molecule has 12 heteroatoms. The van der Waals surface area contributed by atoms with Crippen molar-refractivity contribution in [2.75, 3.05) is 82.0 Å². The number of thioether (sulfide) groups is 1. The van der Waals surface area contributed by atoms with Gasteiger partial charge in [-0.25, -0.2) is 8.42 Å². The molecule has 0 aromatic rings. The fourth-order valence-corrected chi connectivity index (χ4v) is 13.1. The van der Waals surface area contributed by atoms with Crippen molar-refractivity contribution < 1.29 is 27.9 Å². The zero-order valence-electron chi connectivity index (χ0n) is 44.2. The van der Waals surface area contributed by atoms with Gasteiger partial charge >= 0.3 is 0 Å². The number of ether oxygens (including phenoxy) is 1. The van der Waals surface area contributed by atoms with Gasteiger partial charge in [-0.05, 0) is 153 Å². The summed E-state index contributed by atoms with van der Waals surface area (Å²) in [6, 6.07) is 0. The van der Waals surface area contributed by atoms with Crippen LogP contribution >= 0.6 is 27.7 Å². The van der Waals surface area contributed by atoms with E-state index in [4.69, 9.17) is 9.84 Å². The molecule has 0 aromatic heterocycles. The second-order valence-corrected chi connectivity index (χ2v) is 29.8. The van der Waals surface area contributed by atoms with E-state index >= 15 is 0 Å². The van der Waals surface area contributed by atoms with E-state index < -0.39 is 9.84 Å². The molecule has 1 N–H and O–H groups in total. The van der Waals surface area contributed by atoms with E-state index in [0.29, 0.717) is 36.4 Å². The summed E-state index contributed by atoms with van der Waals surface area (Å²) in [6.07, 6.45) is 18.5. The van der Waals surface area contributed by atoms with Crippen LogP contribution in [0.25, 0.3) is 0 Å². The van der Waals surface area contributed by atoms with Crippen LogP contribution < -0.4 is 0 Å². The van der Waals surface area contributed by atoms with Gasteiger partial charge in [-0.2, -0.15) is 11.8 Å². The van der Waals surface area contributed by atoms with Crippen LogP contribution in [0.5, 0.6) is 0 Å². The third kappa shape index (κ3) is 30.1. The number of hydrogen-bond acceptors (Lipinski definition) is 8. The number of likely N-dealkylation sites (tertiary alicyclic amines) is 1. The number of amides is 2. The maximum Gasteiger partial charge on any atom is 0.237 e. The van der Waals surface area contributed by atoms with Crippen LogP contribution in [-0.2, 0) is 24.2 Å². The Morgan fingerprint density at radius 2 is 1.20 bits per heavy atom. The lowest BCUT2D eigenvalue weighted by atomic mass is 9.73. The van der Waals surface area contributed by atoms with Crippen molar-refractivity contribution in [1.82, 2.24) is 14.7 Å². The molecule has 2 saturated carbocycles. The fourth-order valence-electron chi connectivity index (χ4n) is 10.2. The zero-order valence-corrected chi connectivity index (χ0v) is 47.5. The molecule has 0 radical (unpaired) electrons. The monoisotopic (exact) mass is 1020 g/mol. The molecule has 2 amide bonds. The van der Waals surface area contributed by atoms with Gasteiger partial charge in [0.05, 0.1) is 31.6 Å². The molecule has 6 aliphatic rings. The molecule has 0 atom stereocenters. The number of carbonyl (C=O) groups is 2. The largest absolute Gasteiger partial charge is 0.393 e. The highest BCUT2D eigenvalue weighted by Gasteiger charge is 2.32. The standard InChI is InChI=1S/C15H28N2O2.C11H21Br.C9H17NO3S.C9H18O.C9H18S/c1-13(2)11-14-3-5-17(6-4-14)15(18)12-16-7-9-19-10-8-16;1-11(2,3)8-9-4-6-10(12)7-5-9;1-9(2,3)7-10-4-5-14(12,13)6-8(10)11;1-9(2,3)6-7-4-8(10)5-7;1-8(2)7-9-3-5-10-6-4-9/h13-14H,3-12H2,1-2H3;9-10H,4-8H2,1-3H3;4-7H2,1-3H3;7-8,10H,4-6H2,1-3H3;8-9H,3-7H2,1-2H3. The summed E-state index contributed by atoms with van der Waals surface area (Å²) in [4.78, 5) is 30.4. The van der Waals surface area contributed by atoms with E-state index in [1.54, 1.807) is 4.90 Å². The lowest BCUT2D eigenvalue weighted by molar-refractivity contribution is -0.135. The van der Waals surface area contributed by atoms with E-state index in [9.17, 15) is 18.0 Å². The third-order valence-corrected chi connectivity index (χ3v) is 16.7. The number of sulfone groups is 1. The molecule has 0 aromatic carbocycles. The van der Waals surface area contributed by atoms with Gasteiger partial charge in [0, 0.05) is 44.1 Å². The predicted octanol–water partition coefficient (Wildman–Crippen LogP) is 11.6. The van der Waals surface area contributed by atoms with E-state index in [0.717, 1.165) is 92.6 Å². The molecule has 4 aliphatic heterocycles. The fraction of sp³-hybridized carbons (Fsp3) is 0.962. The number of nitrogens with zero attached hydrogens (tertiary/aromatic N) is 3. The highest BCUT2D eigenvalue weighted by Crippen LogP contribution is 2.38. The minimum atomic E-state index is -3.11. The quantitative estimate of drug-likeness (QED) is 0.228. The second-order valence-electron chi connectivity index (χ2n) is 25.1. The van der Waals surface area contributed by atoms with Crippen molar-refractivity contribution in [3.8, 4) is 0 Å². The van der Waals surface area contributed by atoms with Gasteiger partial charge in [-0.15, -0.1) is 0 Å². The van der Waals surface area contributed by atoms with Crippen molar-refractivity contribution in [1.29, 1.82) is 0 Å². The molecule has 0 bridgehead atoms. The van der Waals surface area contributed by atoms with Crippen LogP contribution in [0.15, 0.2) is 0 Å². The van der Waals surface area contributed by atoms with Crippen molar-refractivity contribution in [2.24, 2.45) is 51.8 Å². The van der Waals surface area contributed by atoms with Gasteiger partial charge in [-0.3, -0.25) is 14.5 Å². The normalized spacial score (nSPS) is 26.0. The van der Waals surface area contributed by atoms with Crippen LogP contribution in [0.1, 0.15) is 180 Å². The molecule has 9 nitrogen and oxygen atoms in total. The number of carbonyl (C=O) groups excluding carboxylic acids is 2. The Balaban J connectivity index is 0.000000286. The molecule has 0 unspecified atom stereocenters. The van der Waals surface area contributed by atoms with E-state index in [1.165, 1.54) is 88.6 Å². The first-order valence-corrected chi connectivity index (χ1v) is 29.9. The summed E-state index contributed by atoms with van der Waals surface area (Å²) in [5.41, 5.74) is 1.01. The summed E-state index contributed by atoms with van der Waals surface area (Å²) in [5, 5.41) is 9.02. The molecule has 4 heterocycles. The maximum absolute atomic E-state index is 12.2. The third-order valence-electron chi connectivity index (χ3n) is 13.2. The number of aliphatic hydroxyl groups is 1. The minimum absolute atomic E-state index is 0.0207. The summed E-state index contributed by atoms with van der Waals surface area (Å²) < 4.78 is 27.6. The Labute approximate surface area is 414 Å². The van der Waals surface area contributed by atoms with E-state index in [1.807, 2.05) is 20.8 Å². The number of piperidine rings is 1. The van der Waals surface area contributed by atoms with E-state index in [2.05, 4.69) is 107 Å². The molecule has 6 rings (SSSR count). The second kappa shape index (κ2) is 29.7. The van der Waals surface area contributed by atoms with Gasteiger partial charge in [0.15, 0.2) is 9.84 Å². The average molecular weight is 1020 g/mol. The van der Waals surface area contributed by atoms with Crippen LogP contribution in [-0.4, -0.2) is 133 Å². The molecule has 0 spiro atoms. The molecule has 6 fully saturated rings. The Morgan fingerprint density at radius 1 is 0.708 bits per heavy atom. The number of rotatable bonds is 9. The summed E-state index contributed by atoms with van der Waals surface area (Å²) in [5.74, 6) is 8.04. The van der Waals surface area contributed by atoms with Crippen LogP contribution in [0.4, 0.5) is 0 Å². The molecular weight excluding hydrogens is 919 g/mol. The van der Waals surface area contributed by atoms with Gasteiger partial charge < -0.3 is 19.6 Å². The predicted molar refractivity (Wildman–Crippen MR) is 282 cm³/mol. The molecular formula is C53H102BrN3O6S2. The Morgan fingerprint density at radius 3 is 1.65 bits per heavy atom. The van der Waals surface area contributed by atoms with E-state index in [-0.39, 0.29) is 28.9 Å². The molecule has 4 saturated heterocycles. The van der Waals surface area contributed by atoms with Crippen LogP contribution in [0.3, 0.4) is 0 Å².